The summed E-state index contributed by atoms with van der Waals surface area (Å²) in [6.07, 6.45) is 3.00. The second-order valence-electron chi connectivity index (χ2n) is 6.72. The minimum absolute atomic E-state index is 0.621. The Bertz CT molecular complexity index is 803. The van der Waals surface area contributed by atoms with Crippen LogP contribution in [0.15, 0.2) is 54.7 Å². The number of anilines is 1. The van der Waals surface area contributed by atoms with Crippen LogP contribution >= 0.6 is 0 Å². The fraction of sp³-hybridized carbons (Fsp3) is 0.368. The van der Waals surface area contributed by atoms with Crippen LogP contribution < -0.4 is 5.32 Å². The molecule has 26 heavy (non-hydrogen) atoms. The number of aromatic nitrogens is 5. The third-order valence-corrected chi connectivity index (χ3v) is 4.75. The summed E-state index contributed by atoms with van der Waals surface area (Å²) in [6, 6.07) is 16.2. The van der Waals surface area contributed by atoms with Crippen molar-refractivity contribution < 1.29 is 0 Å². The Morgan fingerprint density at radius 1 is 1.04 bits per heavy atom. The molecule has 0 unspecified atom stereocenters. The standard InChI is InChI=1S/C19H23N7/c1-2-6-16(7-3-1)14-26-19(22-23-24-26)15-25-11-9-17(13-25)12-21-18-8-4-5-10-20-18/h1-8,10,17H,9,11-15H2,(H,20,21)/t17-/m1/s1. The largest absolute Gasteiger partial charge is 0.370 e. The Hall–Kier alpha value is -2.80. The van der Waals surface area contributed by atoms with Crippen LogP contribution in [0.25, 0.3) is 0 Å². The molecule has 0 aliphatic carbocycles. The van der Waals surface area contributed by atoms with Crippen LogP contribution in [0.5, 0.6) is 0 Å². The van der Waals surface area contributed by atoms with Gasteiger partial charge in [-0.05, 0) is 47.0 Å². The third kappa shape index (κ3) is 4.23. The van der Waals surface area contributed by atoms with E-state index in [1.54, 1.807) is 0 Å². The van der Waals surface area contributed by atoms with E-state index in [9.17, 15) is 0 Å². The van der Waals surface area contributed by atoms with Crippen LogP contribution in [0, 0.1) is 5.92 Å². The lowest BCUT2D eigenvalue weighted by Gasteiger charge is -2.16. The van der Waals surface area contributed by atoms with Crippen LogP contribution in [-0.4, -0.2) is 49.7 Å². The molecule has 1 aromatic carbocycles. The van der Waals surface area contributed by atoms with Gasteiger partial charge in [0.05, 0.1) is 13.1 Å². The number of pyridine rings is 1. The predicted molar refractivity (Wildman–Crippen MR) is 99.5 cm³/mol. The van der Waals surface area contributed by atoms with E-state index in [0.29, 0.717) is 12.5 Å². The van der Waals surface area contributed by atoms with Gasteiger partial charge >= 0.3 is 0 Å². The number of benzene rings is 1. The molecule has 1 atom stereocenters. The van der Waals surface area contributed by atoms with Gasteiger partial charge in [0.2, 0.25) is 0 Å². The number of rotatable bonds is 7. The minimum atomic E-state index is 0.621. The summed E-state index contributed by atoms with van der Waals surface area (Å²) in [7, 11) is 0. The topological polar surface area (TPSA) is 71.8 Å². The Morgan fingerprint density at radius 3 is 2.77 bits per heavy atom. The van der Waals surface area contributed by atoms with Gasteiger partial charge in [-0.15, -0.1) is 5.10 Å². The van der Waals surface area contributed by atoms with Gasteiger partial charge in [0.25, 0.3) is 0 Å². The number of nitrogens with zero attached hydrogens (tertiary/aromatic N) is 6. The number of likely N-dealkylation sites (tertiary alicyclic amines) is 1. The summed E-state index contributed by atoms with van der Waals surface area (Å²) in [4.78, 5) is 6.74. The molecule has 3 heterocycles. The van der Waals surface area contributed by atoms with E-state index < -0.39 is 0 Å². The van der Waals surface area contributed by atoms with Gasteiger partial charge in [0.1, 0.15) is 5.82 Å². The first-order chi connectivity index (χ1) is 12.9. The molecule has 0 amide bonds. The Kier molecular flexibility index (Phi) is 5.16. The first kappa shape index (κ1) is 16.7. The van der Waals surface area contributed by atoms with Crippen LogP contribution in [0.2, 0.25) is 0 Å². The maximum Gasteiger partial charge on any atom is 0.165 e. The van der Waals surface area contributed by atoms with Crippen LogP contribution in [0.1, 0.15) is 17.8 Å². The number of hydrogen-bond acceptors (Lipinski definition) is 6. The van der Waals surface area contributed by atoms with Crippen molar-refractivity contribution in [2.24, 2.45) is 5.92 Å². The normalized spacial score (nSPS) is 17.5. The molecule has 3 aromatic rings. The lowest BCUT2D eigenvalue weighted by Crippen LogP contribution is -2.25. The third-order valence-electron chi connectivity index (χ3n) is 4.75. The molecular formula is C19H23N7. The zero-order chi connectivity index (χ0) is 17.6. The summed E-state index contributed by atoms with van der Waals surface area (Å²) in [6.45, 7) is 4.58. The first-order valence-corrected chi connectivity index (χ1v) is 9.03. The fourth-order valence-electron chi connectivity index (χ4n) is 3.35. The summed E-state index contributed by atoms with van der Waals surface area (Å²) in [5.41, 5.74) is 1.21. The highest BCUT2D eigenvalue weighted by molar-refractivity contribution is 5.33. The molecule has 0 saturated carbocycles. The van der Waals surface area contributed by atoms with Crippen molar-refractivity contribution >= 4 is 5.82 Å². The van der Waals surface area contributed by atoms with E-state index in [0.717, 1.165) is 37.8 Å². The quantitative estimate of drug-likeness (QED) is 0.704. The summed E-state index contributed by atoms with van der Waals surface area (Å²) in [5, 5.41) is 15.7. The van der Waals surface area contributed by atoms with Gasteiger partial charge < -0.3 is 5.32 Å². The number of nitrogens with one attached hydrogen (secondary N) is 1. The van der Waals surface area contributed by atoms with Crippen LogP contribution in [0.3, 0.4) is 0 Å². The highest BCUT2D eigenvalue weighted by atomic mass is 15.5. The summed E-state index contributed by atoms with van der Waals surface area (Å²) >= 11 is 0. The van der Waals surface area contributed by atoms with Gasteiger partial charge in [0.15, 0.2) is 5.82 Å². The van der Waals surface area contributed by atoms with Gasteiger partial charge in [-0.3, -0.25) is 4.90 Å². The first-order valence-electron chi connectivity index (χ1n) is 9.03. The zero-order valence-corrected chi connectivity index (χ0v) is 14.7. The molecule has 1 N–H and O–H groups in total. The molecule has 1 fully saturated rings. The van der Waals surface area contributed by atoms with Crippen molar-refractivity contribution in [3.63, 3.8) is 0 Å². The molecule has 7 heteroatoms. The van der Waals surface area contributed by atoms with Gasteiger partial charge in [-0.2, -0.15) is 0 Å². The molecule has 1 aliphatic heterocycles. The fourth-order valence-corrected chi connectivity index (χ4v) is 3.35. The molecule has 7 nitrogen and oxygen atoms in total. The van der Waals surface area contributed by atoms with Gasteiger partial charge in [-0.1, -0.05) is 36.4 Å². The van der Waals surface area contributed by atoms with Gasteiger partial charge in [0, 0.05) is 19.3 Å². The lowest BCUT2D eigenvalue weighted by atomic mass is 10.1. The van der Waals surface area contributed by atoms with E-state index >= 15 is 0 Å². The van der Waals surface area contributed by atoms with Crippen molar-refractivity contribution in [3.8, 4) is 0 Å². The Balaban J connectivity index is 1.30. The molecule has 2 aromatic heterocycles. The highest BCUT2D eigenvalue weighted by Gasteiger charge is 2.24. The average Bonchev–Trinajstić information content (AvgIpc) is 3.32. The SMILES string of the molecule is c1ccc(Cn2nnnc2CN2CC[C@H](CNc3ccccn3)C2)cc1. The van der Waals surface area contributed by atoms with Crippen molar-refractivity contribution in [1.29, 1.82) is 0 Å². The van der Waals surface area contributed by atoms with E-state index in [1.165, 1.54) is 12.0 Å². The maximum atomic E-state index is 4.32. The monoisotopic (exact) mass is 349 g/mol. The molecule has 1 saturated heterocycles. The molecule has 1 aliphatic rings. The lowest BCUT2D eigenvalue weighted by molar-refractivity contribution is 0.304. The zero-order valence-electron chi connectivity index (χ0n) is 14.7. The Morgan fingerprint density at radius 2 is 1.92 bits per heavy atom. The van der Waals surface area contributed by atoms with Gasteiger partial charge in [-0.25, -0.2) is 9.67 Å². The molecule has 134 valence electrons. The molecule has 0 spiro atoms. The maximum absolute atomic E-state index is 4.32. The van der Waals surface area contributed by atoms with Crippen LogP contribution in [0.4, 0.5) is 5.82 Å². The number of hydrogen-bond donors (Lipinski definition) is 1. The van der Waals surface area contributed by atoms with E-state index in [4.69, 9.17) is 0 Å². The number of tetrazole rings is 1. The second kappa shape index (κ2) is 8.05. The van der Waals surface area contributed by atoms with Crippen molar-refractivity contribution in [2.45, 2.75) is 19.5 Å². The van der Waals surface area contributed by atoms with Crippen molar-refractivity contribution in [3.05, 3.63) is 66.1 Å². The van der Waals surface area contributed by atoms with E-state index in [-0.39, 0.29) is 0 Å². The van der Waals surface area contributed by atoms with Crippen LogP contribution in [-0.2, 0) is 13.1 Å². The molecule has 4 rings (SSSR count). The molecule has 0 bridgehead atoms. The second-order valence-corrected chi connectivity index (χ2v) is 6.72. The van der Waals surface area contributed by atoms with Crippen molar-refractivity contribution in [1.82, 2.24) is 30.1 Å². The molecule has 0 radical (unpaired) electrons. The molecular weight excluding hydrogens is 326 g/mol. The average molecular weight is 349 g/mol. The summed E-state index contributed by atoms with van der Waals surface area (Å²) in [5.74, 6) is 2.49. The predicted octanol–water partition coefficient (Wildman–Crippen LogP) is 2.05. The van der Waals surface area contributed by atoms with E-state index in [2.05, 4.69) is 42.9 Å². The highest BCUT2D eigenvalue weighted by Crippen LogP contribution is 2.18. The smallest absolute Gasteiger partial charge is 0.165 e. The van der Waals surface area contributed by atoms with Crippen molar-refractivity contribution in [2.75, 3.05) is 25.0 Å². The summed E-state index contributed by atoms with van der Waals surface area (Å²) < 4.78 is 1.90. The Labute approximate surface area is 153 Å². The minimum Gasteiger partial charge on any atom is -0.370 e. The van der Waals surface area contributed by atoms with E-state index in [1.807, 2.05) is 47.3 Å².